The van der Waals surface area contributed by atoms with Crippen LogP contribution in [0, 0.1) is 21.7 Å². The van der Waals surface area contributed by atoms with Crippen molar-refractivity contribution in [1.82, 2.24) is 19.5 Å². The van der Waals surface area contributed by atoms with Gasteiger partial charge in [0.05, 0.1) is 28.7 Å². The van der Waals surface area contributed by atoms with Crippen LogP contribution in [0.15, 0.2) is 49.1 Å². The number of fused-ring (bicyclic) bond motifs is 1. The number of pyridine rings is 1. The fourth-order valence-electron chi connectivity index (χ4n) is 4.84. The minimum Gasteiger partial charge on any atom is -0.341 e. The number of piperidine rings is 1. The van der Waals surface area contributed by atoms with Crippen LogP contribution < -0.4 is 4.90 Å². The van der Waals surface area contributed by atoms with E-state index in [1.54, 1.807) is 18.5 Å². The van der Waals surface area contributed by atoms with Crippen LogP contribution >= 0.6 is 0 Å². The Hall–Kier alpha value is -3.95. The highest BCUT2D eigenvalue weighted by Gasteiger charge is 2.24. The molecule has 0 aliphatic carbocycles. The van der Waals surface area contributed by atoms with Crippen molar-refractivity contribution in [3.8, 4) is 0 Å². The Kier molecular flexibility index (Phi) is 6.58. The number of hydrogen-bond acceptors (Lipinski definition) is 6. The summed E-state index contributed by atoms with van der Waals surface area (Å²) in [6.45, 7) is 3.71. The van der Waals surface area contributed by atoms with E-state index in [0.717, 1.165) is 61.9 Å². The SMILES string of the molecule is CCCc1cnc(N2CCC(c3cnc(Cn4ccc5cc([N+](=O)[O-])cc(F)c54)c(F)c3)CC2)nc1. The van der Waals surface area contributed by atoms with Gasteiger partial charge in [0.15, 0.2) is 5.82 Å². The van der Waals surface area contributed by atoms with E-state index < -0.39 is 16.6 Å². The van der Waals surface area contributed by atoms with Crippen molar-refractivity contribution in [3.05, 3.63) is 87.6 Å². The maximum Gasteiger partial charge on any atom is 0.273 e. The number of non-ortho nitro benzene ring substituents is 1. The van der Waals surface area contributed by atoms with E-state index in [9.17, 15) is 14.5 Å². The van der Waals surface area contributed by atoms with Gasteiger partial charge in [0.25, 0.3) is 5.69 Å². The van der Waals surface area contributed by atoms with Crippen LogP contribution in [0.2, 0.25) is 0 Å². The second-order valence-corrected chi connectivity index (χ2v) is 9.17. The molecule has 8 nitrogen and oxygen atoms in total. The molecule has 0 N–H and O–H groups in total. The molecule has 4 heterocycles. The van der Waals surface area contributed by atoms with Gasteiger partial charge in [-0.05, 0) is 48.4 Å². The highest BCUT2D eigenvalue weighted by molar-refractivity contribution is 5.83. The lowest BCUT2D eigenvalue weighted by molar-refractivity contribution is -0.384. The van der Waals surface area contributed by atoms with Crippen molar-refractivity contribution in [2.75, 3.05) is 18.0 Å². The molecule has 5 rings (SSSR count). The van der Waals surface area contributed by atoms with E-state index in [1.165, 1.54) is 16.7 Å². The molecule has 0 spiro atoms. The maximum atomic E-state index is 15.0. The van der Waals surface area contributed by atoms with Crippen LogP contribution in [0.3, 0.4) is 0 Å². The zero-order valence-corrected chi connectivity index (χ0v) is 19.9. The normalized spacial score (nSPS) is 14.5. The Morgan fingerprint density at radius 1 is 1.06 bits per heavy atom. The van der Waals surface area contributed by atoms with Crippen LogP contribution in [-0.2, 0) is 13.0 Å². The second kappa shape index (κ2) is 9.96. The topological polar surface area (TPSA) is 90.0 Å². The lowest BCUT2D eigenvalue weighted by Gasteiger charge is -2.32. The first-order valence-electron chi connectivity index (χ1n) is 12.1. The Morgan fingerprint density at radius 2 is 1.81 bits per heavy atom. The van der Waals surface area contributed by atoms with Gasteiger partial charge >= 0.3 is 0 Å². The molecule has 0 saturated carbocycles. The number of benzene rings is 1. The molecule has 1 fully saturated rings. The predicted octanol–water partition coefficient (Wildman–Crippen LogP) is 5.40. The van der Waals surface area contributed by atoms with E-state index >= 15 is 4.39 Å². The third-order valence-corrected chi connectivity index (χ3v) is 6.75. The van der Waals surface area contributed by atoms with Gasteiger partial charge in [0.1, 0.15) is 5.82 Å². The number of rotatable bonds is 7. The number of aryl methyl sites for hydroxylation is 1. The summed E-state index contributed by atoms with van der Waals surface area (Å²) in [4.78, 5) is 25.9. The Labute approximate surface area is 206 Å². The van der Waals surface area contributed by atoms with Crippen LogP contribution in [0.4, 0.5) is 20.4 Å². The molecule has 0 atom stereocenters. The third-order valence-electron chi connectivity index (χ3n) is 6.75. The van der Waals surface area contributed by atoms with Crippen molar-refractivity contribution >= 4 is 22.5 Å². The molecular formula is C26H26F2N6O2. The number of hydrogen-bond donors (Lipinski definition) is 0. The minimum atomic E-state index is -0.725. The number of nitrogens with zero attached hydrogens (tertiary/aromatic N) is 6. The summed E-state index contributed by atoms with van der Waals surface area (Å²) in [6, 6.07) is 5.28. The Balaban J connectivity index is 1.26. The number of halogens is 2. The largest absolute Gasteiger partial charge is 0.341 e. The lowest BCUT2D eigenvalue weighted by Crippen LogP contribution is -2.34. The first-order chi connectivity index (χ1) is 17.4. The average molecular weight is 493 g/mol. The Bertz CT molecular complexity index is 1400. The molecule has 3 aromatic heterocycles. The van der Waals surface area contributed by atoms with E-state index in [-0.39, 0.29) is 29.4 Å². The molecule has 0 radical (unpaired) electrons. The number of nitro benzene ring substituents is 1. The van der Waals surface area contributed by atoms with Gasteiger partial charge in [-0.15, -0.1) is 0 Å². The molecule has 1 aromatic carbocycles. The number of aromatic nitrogens is 4. The lowest BCUT2D eigenvalue weighted by atomic mass is 9.90. The van der Waals surface area contributed by atoms with E-state index in [2.05, 4.69) is 26.8 Å². The molecule has 186 valence electrons. The summed E-state index contributed by atoms with van der Waals surface area (Å²) in [5.74, 6) is -0.266. The number of anilines is 1. The summed E-state index contributed by atoms with van der Waals surface area (Å²) < 4.78 is 31.1. The van der Waals surface area contributed by atoms with Gasteiger partial charge in [-0.2, -0.15) is 0 Å². The number of nitro groups is 1. The Morgan fingerprint density at radius 3 is 2.47 bits per heavy atom. The fraction of sp³-hybridized carbons (Fsp3) is 0.346. The van der Waals surface area contributed by atoms with Crippen molar-refractivity contribution in [2.24, 2.45) is 0 Å². The molecule has 4 aromatic rings. The summed E-state index contributed by atoms with van der Waals surface area (Å²) >= 11 is 0. The third kappa shape index (κ3) is 4.75. The van der Waals surface area contributed by atoms with Crippen LogP contribution in [0.5, 0.6) is 0 Å². The molecule has 1 saturated heterocycles. The van der Waals surface area contributed by atoms with Crippen LogP contribution in [0.1, 0.15) is 48.9 Å². The van der Waals surface area contributed by atoms with Gasteiger partial charge in [0, 0.05) is 49.3 Å². The highest BCUT2D eigenvalue weighted by Crippen LogP contribution is 2.30. The average Bonchev–Trinajstić information content (AvgIpc) is 3.29. The van der Waals surface area contributed by atoms with Gasteiger partial charge in [-0.1, -0.05) is 13.3 Å². The standard InChI is InChI=1S/C26H26F2N6O2/c1-2-3-17-13-30-26(31-14-17)32-7-4-18(5-8-32)20-11-22(27)24(29-15-20)16-33-9-6-19-10-21(34(35)36)12-23(28)25(19)33/h6,9-15,18H,2-5,7-8,16H2,1H3. The van der Waals surface area contributed by atoms with E-state index in [4.69, 9.17) is 0 Å². The first kappa shape index (κ1) is 23.8. The van der Waals surface area contributed by atoms with E-state index in [1.807, 2.05) is 12.4 Å². The zero-order valence-electron chi connectivity index (χ0n) is 19.9. The van der Waals surface area contributed by atoms with Crippen molar-refractivity contribution < 1.29 is 13.7 Å². The summed E-state index contributed by atoms with van der Waals surface area (Å²) in [5.41, 5.74) is 2.02. The minimum absolute atomic E-state index is 0.0220. The molecule has 1 aliphatic heterocycles. The van der Waals surface area contributed by atoms with E-state index in [0.29, 0.717) is 5.39 Å². The van der Waals surface area contributed by atoms with Gasteiger partial charge in [-0.25, -0.2) is 18.7 Å². The van der Waals surface area contributed by atoms with Gasteiger partial charge in [0.2, 0.25) is 5.95 Å². The molecule has 36 heavy (non-hydrogen) atoms. The highest BCUT2D eigenvalue weighted by atomic mass is 19.1. The monoisotopic (exact) mass is 492 g/mol. The molecule has 1 aliphatic rings. The predicted molar refractivity (Wildman–Crippen MR) is 132 cm³/mol. The van der Waals surface area contributed by atoms with Crippen LogP contribution in [-0.4, -0.2) is 37.5 Å². The summed E-state index contributed by atoms with van der Waals surface area (Å²) in [6.07, 6.45) is 10.8. The molecule has 10 heteroatoms. The molecular weight excluding hydrogens is 466 g/mol. The van der Waals surface area contributed by atoms with Crippen molar-refractivity contribution in [3.63, 3.8) is 0 Å². The smallest absolute Gasteiger partial charge is 0.273 e. The molecule has 0 bridgehead atoms. The van der Waals surface area contributed by atoms with Crippen molar-refractivity contribution in [2.45, 2.75) is 45.1 Å². The van der Waals surface area contributed by atoms with Crippen LogP contribution in [0.25, 0.3) is 10.9 Å². The molecule has 0 amide bonds. The fourth-order valence-corrected chi connectivity index (χ4v) is 4.84. The van der Waals surface area contributed by atoms with Gasteiger partial charge < -0.3 is 9.47 Å². The second-order valence-electron chi connectivity index (χ2n) is 9.17. The quantitative estimate of drug-likeness (QED) is 0.254. The summed E-state index contributed by atoms with van der Waals surface area (Å²) in [5, 5.41) is 11.4. The maximum absolute atomic E-state index is 15.0. The molecule has 0 unspecified atom stereocenters. The summed E-state index contributed by atoms with van der Waals surface area (Å²) in [7, 11) is 0. The zero-order chi connectivity index (χ0) is 25.2. The first-order valence-corrected chi connectivity index (χ1v) is 12.1. The van der Waals surface area contributed by atoms with Gasteiger partial charge in [-0.3, -0.25) is 15.1 Å². The van der Waals surface area contributed by atoms with Crippen molar-refractivity contribution in [1.29, 1.82) is 0 Å².